The van der Waals surface area contributed by atoms with Gasteiger partial charge in [-0.05, 0) is 44.0 Å². The van der Waals surface area contributed by atoms with E-state index >= 15 is 0 Å². The van der Waals surface area contributed by atoms with Gasteiger partial charge in [0.2, 0.25) is 5.76 Å². The first-order chi connectivity index (χ1) is 18.4. The summed E-state index contributed by atoms with van der Waals surface area (Å²) < 4.78 is 11.4. The van der Waals surface area contributed by atoms with E-state index in [-0.39, 0.29) is 29.2 Å². The number of anilines is 1. The first-order valence-electron chi connectivity index (χ1n) is 12.7. The van der Waals surface area contributed by atoms with E-state index in [4.69, 9.17) is 9.15 Å². The van der Waals surface area contributed by atoms with Crippen molar-refractivity contribution in [1.82, 2.24) is 4.90 Å². The lowest BCUT2D eigenvalue weighted by Gasteiger charge is -2.34. The molecule has 3 heterocycles. The maximum atomic E-state index is 14.7. The second-order valence-corrected chi connectivity index (χ2v) is 10.0. The SMILES string of the molecule is COCCCN1C(=O)c2oc3ccc(C)cc3c(=O)c2C12C(=O)N(Cc1ccc(C)cc1)c1ccccc12. The van der Waals surface area contributed by atoms with Crippen molar-refractivity contribution < 1.29 is 18.7 Å². The molecule has 0 saturated carbocycles. The molecule has 0 aliphatic carbocycles. The Hall–Kier alpha value is -4.23. The van der Waals surface area contributed by atoms with Crippen molar-refractivity contribution in [1.29, 1.82) is 0 Å². The molecule has 0 radical (unpaired) electrons. The molecule has 1 aromatic heterocycles. The van der Waals surface area contributed by atoms with E-state index in [1.165, 1.54) is 4.90 Å². The van der Waals surface area contributed by atoms with Crippen LogP contribution >= 0.6 is 0 Å². The minimum Gasteiger partial charge on any atom is -0.450 e. The van der Waals surface area contributed by atoms with Crippen LogP contribution in [0.3, 0.4) is 0 Å². The number of para-hydroxylation sites is 1. The van der Waals surface area contributed by atoms with Gasteiger partial charge in [-0.15, -0.1) is 0 Å². The van der Waals surface area contributed by atoms with E-state index in [1.807, 2.05) is 68.4 Å². The minimum absolute atomic E-state index is 0.0656. The number of fused-ring (bicyclic) bond motifs is 5. The molecule has 3 aromatic carbocycles. The fraction of sp³-hybridized carbons (Fsp3) is 0.258. The Morgan fingerprint density at radius 1 is 0.921 bits per heavy atom. The highest BCUT2D eigenvalue weighted by molar-refractivity contribution is 6.17. The third kappa shape index (κ3) is 3.35. The molecule has 38 heavy (non-hydrogen) atoms. The third-order valence-corrected chi connectivity index (χ3v) is 7.58. The molecule has 7 nitrogen and oxygen atoms in total. The highest BCUT2D eigenvalue weighted by Gasteiger charge is 2.64. The molecule has 192 valence electrons. The summed E-state index contributed by atoms with van der Waals surface area (Å²) in [5.74, 6) is -0.858. The van der Waals surface area contributed by atoms with E-state index < -0.39 is 11.4 Å². The van der Waals surface area contributed by atoms with Gasteiger partial charge in [-0.2, -0.15) is 0 Å². The van der Waals surface area contributed by atoms with Crippen molar-refractivity contribution in [2.24, 2.45) is 0 Å². The van der Waals surface area contributed by atoms with Gasteiger partial charge >= 0.3 is 0 Å². The number of methoxy groups -OCH3 is 1. The van der Waals surface area contributed by atoms with Gasteiger partial charge in [0.15, 0.2) is 11.0 Å². The molecule has 0 fully saturated rings. The van der Waals surface area contributed by atoms with Gasteiger partial charge in [-0.1, -0.05) is 59.7 Å². The average molecular weight is 509 g/mol. The van der Waals surface area contributed by atoms with Gasteiger partial charge in [-0.25, -0.2) is 0 Å². The van der Waals surface area contributed by atoms with Crippen molar-refractivity contribution in [3.63, 3.8) is 0 Å². The van der Waals surface area contributed by atoms with Crippen LogP contribution in [-0.2, 0) is 21.6 Å². The first-order valence-corrected chi connectivity index (χ1v) is 12.7. The number of aryl methyl sites for hydroxylation is 2. The van der Waals surface area contributed by atoms with E-state index in [2.05, 4.69) is 0 Å². The number of benzene rings is 3. The fourth-order valence-electron chi connectivity index (χ4n) is 5.80. The van der Waals surface area contributed by atoms with Crippen molar-refractivity contribution in [3.8, 4) is 0 Å². The van der Waals surface area contributed by atoms with Crippen LogP contribution in [-0.4, -0.2) is 37.0 Å². The summed E-state index contributed by atoms with van der Waals surface area (Å²) in [5, 5.41) is 0.358. The summed E-state index contributed by atoms with van der Waals surface area (Å²) in [5.41, 5.74) is 2.72. The second-order valence-electron chi connectivity index (χ2n) is 10.0. The number of nitrogens with zero attached hydrogens (tertiary/aromatic N) is 2. The number of rotatable bonds is 6. The lowest BCUT2D eigenvalue weighted by molar-refractivity contribution is -0.126. The van der Waals surface area contributed by atoms with Crippen molar-refractivity contribution in [2.75, 3.05) is 25.2 Å². The van der Waals surface area contributed by atoms with Crippen molar-refractivity contribution in [3.05, 3.63) is 111 Å². The van der Waals surface area contributed by atoms with E-state index in [0.717, 1.165) is 16.7 Å². The average Bonchev–Trinajstić information content (AvgIpc) is 3.31. The number of hydrogen-bond acceptors (Lipinski definition) is 5. The molecular formula is C31H28N2O5. The van der Waals surface area contributed by atoms with Gasteiger partial charge in [0, 0.05) is 25.8 Å². The zero-order valence-corrected chi connectivity index (χ0v) is 21.6. The summed E-state index contributed by atoms with van der Waals surface area (Å²) >= 11 is 0. The van der Waals surface area contributed by atoms with E-state index in [0.29, 0.717) is 41.8 Å². The summed E-state index contributed by atoms with van der Waals surface area (Å²) in [6, 6.07) is 20.7. The van der Waals surface area contributed by atoms with E-state index in [9.17, 15) is 14.4 Å². The number of hydrogen-bond donors (Lipinski definition) is 0. The van der Waals surface area contributed by atoms with Crippen LogP contribution in [0.1, 0.15) is 44.8 Å². The minimum atomic E-state index is -1.61. The lowest BCUT2D eigenvalue weighted by Crippen LogP contribution is -2.53. The predicted octanol–water partition coefficient (Wildman–Crippen LogP) is 4.69. The van der Waals surface area contributed by atoms with Gasteiger partial charge in [0.25, 0.3) is 11.8 Å². The van der Waals surface area contributed by atoms with Crippen LogP contribution in [0.15, 0.2) is 75.9 Å². The molecule has 7 heteroatoms. The molecule has 2 aliphatic rings. The molecule has 0 saturated heterocycles. The Bertz CT molecular complexity index is 1660. The quantitative estimate of drug-likeness (QED) is 0.353. The Labute approximate surface area is 220 Å². The standard InChI is InChI=1S/C31H28N2O5/c1-19-9-12-21(13-10-19)18-32-24-8-5-4-7-23(24)31(30(32)36)26-27(34)22-17-20(2)11-14-25(22)38-28(26)29(35)33(31)15-6-16-37-3/h4-5,7-14,17H,6,15-16,18H2,1-3H3. The lowest BCUT2D eigenvalue weighted by atomic mass is 9.84. The summed E-state index contributed by atoms with van der Waals surface area (Å²) in [6.45, 7) is 4.85. The molecular weight excluding hydrogens is 480 g/mol. The van der Waals surface area contributed by atoms with Crippen LogP contribution < -0.4 is 10.3 Å². The highest BCUT2D eigenvalue weighted by Crippen LogP contribution is 2.52. The highest BCUT2D eigenvalue weighted by atomic mass is 16.5. The van der Waals surface area contributed by atoms with Gasteiger partial charge in [0.1, 0.15) is 5.58 Å². The number of carbonyl (C=O) groups excluding carboxylic acids is 2. The zero-order valence-electron chi connectivity index (χ0n) is 21.6. The van der Waals surface area contributed by atoms with Crippen molar-refractivity contribution in [2.45, 2.75) is 32.4 Å². The molecule has 0 N–H and O–H groups in total. The van der Waals surface area contributed by atoms with Gasteiger partial charge < -0.3 is 19.0 Å². The molecule has 1 atom stereocenters. The van der Waals surface area contributed by atoms with Gasteiger partial charge in [-0.3, -0.25) is 14.4 Å². The molecule has 1 unspecified atom stereocenters. The maximum Gasteiger partial charge on any atom is 0.291 e. The van der Waals surface area contributed by atoms with Gasteiger partial charge in [0.05, 0.1) is 23.2 Å². The second kappa shape index (κ2) is 8.96. The first kappa shape index (κ1) is 24.1. The topological polar surface area (TPSA) is 80.1 Å². The Morgan fingerprint density at radius 3 is 2.42 bits per heavy atom. The molecule has 2 aliphatic heterocycles. The fourth-order valence-corrected chi connectivity index (χ4v) is 5.80. The zero-order chi connectivity index (χ0) is 26.6. The molecule has 4 aromatic rings. The largest absolute Gasteiger partial charge is 0.450 e. The third-order valence-electron chi connectivity index (χ3n) is 7.58. The number of amides is 2. The van der Waals surface area contributed by atoms with Crippen LogP contribution in [0.5, 0.6) is 0 Å². The molecule has 0 bridgehead atoms. The summed E-state index contributed by atoms with van der Waals surface area (Å²) in [7, 11) is 1.59. The molecule has 2 amide bonds. The smallest absolute Gasteiger partial charge is 0.291 e. The Morgan fingerprint density at radius 2 is 1.66 bits per heavy atom. The number of carbonyl (C=O) groups is 2. The predicted molar refractivity (Wildman–Crippen MR) is 144 cm³/mol. The summed E-state index contributed by atoms with van der Waals surface area (Å²) in [4.78, 5) is 46.0. The molecule has 1 spiro atoms. The van der Waals surface area contributed by atoms with Crippen LogP contribution in [0.25, 0.3) is 11.0 Å². The van der Waals surface area contributed by atoms with Crippen molar-refractivity contribution >= 4 is 28.5 Å². The van der Waals surface area contributed by atoms with E-state index in [1.54, 1.807) is 24.1 Å². The Balaban J connectivity index is 1.62. The normalized spacial score (nSPS) is 18.1. The summed E-state index contributed by atoms with van der Waals surface area (Å²) in [6.07, 6.45) is 0.498. The maximum absolute atomic E-state index is 14.7. The molecule has 6 rings (SSSR count). The van der Waals surface area contributed by atoms with Crippen LogP contribution in [0, 0.1) is 13.8 Å². The Kier molecular flexibility index (Phi) is 5.69. The van der Waals surface area contributed by atoms with Crippen LogP contribution in [0.2, 0.25) is 0 Å². The monoisotopic (exact) mass is 508 g/mol. The van der Waals surface area contributed by atoms with Crippen LogP contribution in [0.4, 0.5) is 5.69 Å². The number of ether oxygens (including phenoxy) is 1.